The minimum Gasteiger partial charge on any atom is -0.496 e. The maximum absolute atomic E-state index is 12.2. The molecule has 1 heterocycles. The molecule has 0 saturated carbocycles. The highest BCUT2D eigenvalue weighted by molar-refractivity contribution is 5.76. The van der Waals surface area contributed by atoms with Crippen molar-refractivity contribution in [1.29, 1.82) is 0 Å². The molecule has 6 nitrogen and oxygen atoms in total. The Bertz CT molecular complexity index is 667. The van der Waals surface area contributed by atoms with Crippen molar-refractivity contribution in [3.63, 3.8) is 0 Å². The van der Waals surface area contributed by atoms with Gasteiger partial charge in [-0.15, -0.1) is 10.2 Å². The van der Waals surface area contributed by atoms with Crippen LogP contribution >= 0.6 is 0 Å². The first kappa shape index (κ1) is 18.0. The molecule has 1 atom stereocenters. The molecule has 0 aliphatic rings. The van der Waals surface area contributed by atoms with Crippen LogP contribution in [0.1, 0.15) is 44.6 Å². The third-order valence-corrected chi connectivity index (χ3v) is 3.94. The lowest BCUT2D eigenvalue weighted by molar-refractivity contribution is -0.122. The van der Waals surface area contributed by atoms with Gasteiger partial charge in [0.15, 0.2) is 5.82 Å². The number of carbonyl (C=O) groups excluding carboxylic acids is 1. The normalized spacial score (nSPS) is 12.2. The Morgan fingerprint density at radius 3 is 2.75 bits per heavy atom. The SMILES string of the molecule is COc1ccccc1C[C@H](C)CC(=O)NCc1nncn1C(C)C. The lowest BCUT2D eigenvalue weighted by Gasteiger charge is -2.14. The molecule has 130 valence electrons. The van der Waals surface area contributed by atoms with Gasteiger partial charge in [0.05, 0.1) is 13.7 Å². The summed E-state index contributed by atoms with van der Waals surface area (Å²) < 4.78 is 7.32. The summed E-state index contributed by atoms with van der Waals surface area (Å²) in [5.41, 5.74) is 1.12. The van der Waals surface area contributed by atoms with Gasteiger partial charge in [0.2, 0.25) is 5.91 Å². The summed E-state index contributed by atoms with van der Waals surface area (Å²) in [6.07, 6.45) is 2.96. The summed E-state index contributed by atoms with van der Waals surface area (Å²) in [6.45, 7) is 6.59. The van der Waals surface area contributed by atoms with Crippen molar-refractivity contribution >= 4 is 5.91 Å². The topological polar surface area (TPSA) is 69.0 Å². The summed E-state index contributed by atoms with van der Waals surface area (Å²) in [5, 5.41) is 10.9. The number of para-hydroxylation sites is 1. The molecule has 0 bridgehead atoms. The maximum Gasteiger partial charge on any atom is 0.220 e. The Kier molecular flexibility index (Phi) is 6.35. The second-order valence-corrected chi connectivity index (χ2v) is 6.35. The summed E-state index contributed by atoms with van der Waals surface area (Å²) in [6, 6.07) is 8.20. The zero-order valence-electron chi connectivity index (χ0n) is 14.8. The van der Waals surface area contributed by atoms with Gasteiger partial charge in [0.25, 0.3) is 0 Å². The molecule has 1 N–H and O–H groups in total. The van der Waals surface area contributed by atoms with Gasteiger partial charge in [-0.1, -0.05) is 25.1 Å². The molecule has 1 aromatic heterocycles. The van der Waals surface area contributed by atoms with Gasteiger partial charge in [-0.05, 0) is 37.8 Å². The first-order valence-corrected chi connectivity index (χ1v) is 8.28. The van der Waals surface area contributed by atoms with Crippen molar-refractivity contribution < 1.29 is 9.53 Å². The van der Waals surface area contributed by atoms with Crippen LogP contribution in [0.4, 0.5) is 0 Å². The van der Waals surface area contributed by atoms with Gasteiger partial charge >= 0.3 is 0 Å². The fraction of sp³-hybridized carbons (Fsp3) is 0.500. The van der Waals surface area contributed by atoms with E-state index in [1.54, 1.807) is 13.4 Å². The predicted octanol–water partition coefficient (Wildman–Crippen LogP) is 2.75. The second-order valence-electron chi connectivity index (χ2n) is 6.35. The van der Waals surface area contributed by atoms with Crippen molar-refractivity contribution in [3.8, 4) is 5.75 Å². The lowest BCUT2D eigenvalue weighted by Crippen LogP contribution is -2.26. The molecule has 24 heavy (non-hydrogen) atoms. The molecule has 0 saturated heterocycles. The van der Waals surface area contributed by atoms with Gasteiger partial charge < -0.3 is 14.6 Å². The molecule has 6 heteroatoms. The van der Waals surface area contributed by atoms with E-state index in [1.807, 2.05) is 28.8 Å². The Balaban J connectivity index is 1.84. The number of hydrogen-bond acceptors (Lipinski definition) is 4. The molecule has 0 aliphatic carbocycles. The van der Waals surface area contributed by atoms with E-state index in [2.05, 4.69) is 36.3 Å². The molecule has 0 radical (unpaired) electrons. The highest BCUT2D eigenvalue weighted by Crippen LogP contribution is 2.22. The smallest absolute Gasteiger partial charge is 0.220 e. The Morgan fingerprint density at radius 2 is 2.04 bits per heavy atom. The highest BCUT2D eigenvalue weighted by Gasteiger charge is 2.14. The van der Waals surface area contributed by atoms with Crippen molar-refractivity contribution in [2.24, 2.45) is 5.92 Å². The number of nitrogens with one attached hydrogen (secondary N) is 1. The highest BCUT2D eigenvalue weighted by atomic mass is 16.5. The van der Waals surface area contributed by atoms with E-state index < -0.39 is 0 Å². The summed E-state index contributed by atoms with van der Waals surface area (Å²) in [5.74, 6) is 1.89. The standard InChI is InChI=1S/C18H26N4O2/c1-13(2)22-12-20-21-17(22)11-19-18(23)10-14(3)9-15-7-5-6-8-16(15)24-4/h5-8,12-14H,9-11H2,1-4H3,(H,19,23)/t14-/m0/s1. The number of rotatable bonds is 8. The molecular formula is C18H26N4O2. The number of benzene rings is 1. The quantitative estimate of drug-likeness (QED) is 0.808. The van der Waals surface area contributed by atoms with Crippen LogP contribution in [-0.2, 0) is 17.8 Å². The van der Waals surface area contributed by atoms with E-state index >= 15 is 0 Å². The summed E-state index contributed by atoms with van der Waals surface area (Å²) >= 11 is 0. The number of methoxy groups -OCH3 is 1. The number of ether oxygens (including phenoxy) is 1. The van der Waals surface area contributed by atoms with Crippen molar-refractivity contribution in [2.45, 2.75) is 46.2 Å². The van der Waals surface area contributed by atoms with Crippen LogP contribution in [0, 0.1) is 5.92 Å². The Hall–Kier alpha value is -2.37. The number of amides is 1. The molecule has 0 spiro atoms. The van der Waals surface area contributed by atoms with Crippen LogP contribution in [-0.4, -0.2) is 27.8 Å². The van der Waals surface area contributed by atoms with E-state index in [-0.39, 0.29) is 17.9 Å². The van der Waals surface area contributed by atoms with E-state index in [4.69, 9.17) is 4.74 Å². The molecule has 0 aliphatic heterocycles. The third-order valence-electron chi connectivity index (χ3n) is 3.94. The number of hydrogen-bond donors (Lipinski definition) is 1. The van der Waals surface area contributed by atoms with Crippen LogP contribution in [0.5, 0.6) is 5.75 Å². The van der Waals surface area contributed by atoms with Crippen molar-refractivity contribution in [3.05, 3.63) is 42.0 Å². The van der Waals surface area contributed by atoms with Crippen LogP contribution < -0.4 is 10.1 Å². The van der Waals surface area contributed by atoms with Crippen LogP contribution in [0.15, 0.2) is 30.6 Å². The monoisotopic (exact) mass is 330 g/mol. The molecular weight excluding hydrogens is 304 g/mol. The van der Waals surface area contributed by atoms with Crippen LogP contribution in [0.25, 0.3) is 0 Å². The molecule has 2 rings (SSSR count). The molecule has 0 unspecified atom stereocenters. The third kappa shape index (κ3) is 4.81. The van der Waals surface area contributed by atoms with Crippen LogP contribution in [0.2, 0.25) is 0 Å². The zero-order chi connectivity index (χ0) is 17.5. The minimum atomic E-state index is 0.0238. The van der Waals surface area contributed by atoms with E-state index in [9.17, 15) is 4.79 Å². The Labute approximate surface area is 143 Å². The summed E-state index contributed by atoms with van der Waals surface area (Å²) in [4.78, 5) is 12.2. The first-order chi connectivity index (χ1) is 11.5. The van der Waals surface area contributed by atoms with Gasteiger partial charge in [-0.25, -0.2) is 0 Å². The largest absolute Gasteiger partial charge is 0.496 e. The van der Waals surface area contributed by atoms with Gasteiger partial charge in [0, 0.05) is 12.5 Å². The van der Waals surface area contributed by atoms with Gasteiger partial charge in [-0.2, -0.15) is 0 Å². The fourth-order valence-electron chi connectivity index (χ4n) is 2.71. The molecule has 1 amide bonds. The lowest BCUT2D eigenvalue weighted by atomic mass is 9.97. The zero-order valence-corrected chi connectivity index (χ0v) is 14.8. The maximum atomic E-state index is 12.2. The second kappa shape index (κ2) is 8.47. The fourth-order valence-corrected chi connectivity index (χ4v) is 2.71. The van der Waals surface area contributed by atoms with E-state index in [1.165, 1.54) is 0 Å². The molecule has 0 fully saturated rings. The minimum absolute atomic E-state index is 0.0238. The molecule has 2 aromatic rings. The van der Waals surface area contributed by atoms with E-state index in [0.29, 0.717) is 13.0 Å². The van der Waals surface area contributed by atoms with Crippen molar-refractivity contribution in [2.75, 3.05) is 7.11 Å². The average Bonchev–Trinajstić information content (AvgIpc) is 3.02. The van der Waals surface area contributed by atoms with Gasteiger partial charge in [-0.3, -0.25) is 4.79 Å². The van der Waals surface area contributed by atoms with Gasteiger partial charge in [0.1, 0.15) is 12.1 Å². The predicted molar refractivity (Wildman–Crippen MR) is 92.7 cm³/mol. The molecule has 1 aromatic carbocycles. The van der Waals surface area contributed by atoms with Crippen molar-refractivity contribution in [1.82, 2.24) is 20.1 Å². The Morgan fingerprint density at radius 1 is 1.29 bits per heavy atom. The van der Waals surface area contributed by atoms with Crippen LogP contribution in [0.3, 0.4) is 0 Å². The number of aromatic nitrogens is 3. The van der Waals surface area contributed by atoms with E-state index in [0.717, 1.165) is 23.6 Å². The first-order valence-electron chi connectivity index (χ1n) is 8.28. The average molecular weight is 330 g/mol. The number of nitrogens with zero attached hydrogens (tertiary/aromatic N) is 3. The number of carbonyl (C=O) groups is 1. The summed E-state index contributed by atoms with van der Waals surface area (Å²) in [7, 11) is 1.67.